The fourth-order valence-electron chi connectivity index (χ4n) is 2.67. The number of amides is 1. The van der Waals surface area contributed by atoms with Gasteiger partial charge in [-0.25, -0.2) is 4.79 Å². The molecular weight excluding hydrogens is 342 g/mol. The number of benzene rings is 1. The zero-order valence-corrected chi connectivity index (χ0v) is 15.9. The van der Waals surface area contributed by atoms with Gasteiger partial charge in [0.25, 0.3) is 0 Å². The topological polar surface area (TPSA) is 59.8 Å². The van der Waals surface area contributed by atoms with Crippen LogP contribution in [0.2, 0.25) is 0 Å². The molecule has 0 saturated carbocycles. The van der Waals surface area contributed by atoms with Crippen molar-refractivity contribution in [3.8, 4) is 0 Å². The zero-order valence-electron chi connectivity index (χ0n) is 15.9. The highest BCUT2D eigenvalue weighted by atomic mass is 16.5. The Labute approximate surface area is 159 Å². The maximum absolute atomic E-state index is 13.0. The molecule has 0 fully saturated rings. The molecule has 5 nitrogen and oxygen atoms in total. The van der Waals surface area contributed by atoms with Crippen LogP contribution in [0.1, 0.15) is 25.0 Å². The Morgan fingerprint density at radius 3 is 2.48 bits per heavy atom. The SMILES string of the molecule is COC(=O)C=C[C@H](C(C)C)N(Cc1ccccc1)C(=O)C=Cc1ccoc1. The summed E-state index contributed by atoms with van der Waals surface area (Å²) in [4.78, 5) is 26.2. The summed E-state index contributed by atoms with van der Waals surface area (Å²) in [6.45, 7) is 4.46. The molecule has 0 spiro atoms. The summed E-state index contributed by atoms with van der Waals surface area (Å²) < 4.78 is 9.71. The number of rotatable bonds is 8. The Morgan fingerprint density at radius 2 is 1.89 bits per heavy atom. The molecule has 0 N–H and O–H groups in total. The second-order valence-electron chi connectivity index (χ2n) is 6.46. The second-order valence-corrected chi connectivity index (χ2v) is 6.46. The third kappa shape index (κ3) is 6.29. The molecule has 1 amide bonds. The minimum Gasteiger partial charge on any atom is -0.472 e. The quantitative estimate of drug-likeness (QED) is 0.521. The van der Waals surface area contributed by atoms with Crippen LogP contribution < -0.4 is 0 Å². The molecule has 0 radical (unpaired) electrons. The highest BCUT2D eigenvalue weighted by Gasteiger charge is 2.23. The Bertz CT molecular complexity index is 776. The van der Waals surface area contributed by atoms with E-state index in [1.54, 1.807) is 35.6 Å². The van der Waals surface area contributed by atoms with E-state index in [0.717, 1.165) is 11.1 Å². The third-order valence-electron chi connectivity index (χ3n) is 4.11. The van der Waals surface area contributed by atoms with Crippen molar-refractivity contribution in [1.82, 2.24) is 4.90 Å². The summed E-state index contributed by atoms with van der Waals surface area (Å²) >= 11 is 0. The predicted octanol–water partition coefficient (Wildman–Crippen LogP) is 4.08. The Hall–Kier alpha value is -3.08. The lowest BCUT2D eigenvalue weighted by molar-refractivity contribution is -0.135. The summed E-state index contributed by atoms with van der Waals surface area (Å²) in [6, 6.07) is 11.3. The van der Waals surface area contributed by atoms with Gasteiger partial charge in [-0.05, 0) is 23.6 Å². The number of ether oxygens (including phenoxy) is 1. The van der Waals surface area contributed by atoms with Gasteiger partial charge in [0, 0.05) is 24.3 Å². The molecule has 0 aliphatic heterocycles. The van der Waals surface area contributed by atoms with Gasteiger partial charge in [-0.15, -0.1) is 0 Å². The largest absolute Gasteiger partial charge is 0.472 e. The molecule has 0 bridgehead atoms. The maximum atomic E-state index is 13.0. The molecule has 0 saturated heterocycles. The molecule has 142 valence electrons. The molecule has 1 heterocycles. The van der Waals surface area contributed by atoms with Gasteiger partial charge in [0.15, 0.2) is 0 Å². The monoisotopic (exact) mass is 367 g/mol. The summed E-state index contributed by atoms with van der Waals surface area (Å²) in [6.07, 6.45) is 9.46. The fourth-order valence-corrected chi connectivity index (χ4v) is 2.67. The second kappa shape index (κ2) is 10.2. The van der Waals surface area contributed by atoms with Crippen LogP contribution in [0.4, 0.5) is 0 Å². The molecular formula is C22H25NO4. The van der Waals surface area contributed by atoms with Gasteiger partial charge in [0.05, 0.1) is 25.7 Å². The molecule has 5 heteroatoms. The predicted molar refractivity (Wildman–Crippen MR) is 105 cm³/mol. The van der Waals surface area contributed by atoms with Crippen molar-refractivity contribution in [1.29, 1.82) is 0 Å². The summed E-state index contributed by atoms with van der Waals surface area (Å²) in [5.41, 5.74) is 1.83. The van der Waals surface area contributed by atoms with Crippen LogP contribution in [0, 0.1) is 5.92 Å². The molecule has 1 atom stereocenters. The van der Waals surface area contributed by atoms with Gasteiger partial charge < -0.3 is 14.1 Å². The van der Waals surface area contributed by atoms with E-state index in [-0.39, 0.29) is 17.9 Å². The molecule has 2 aromatic rings. The van der Waals surface area contributed by atoms with E-state index in [9.17, 15) is 9.59 Å². The van der Waals surface area contributed by atoms with Crippen LogP contribution in [0.15, 0.2) is 71.6 Å². The van der Waals surface area contributed by atoms with Crippen LogP contribution in [0.3, 0.4) is 0 Å². The van der Waals surface area contributed by atoms with Gasteiger partial charge in [0.2, 0.25) is 5.91 Å². The molecule has 0 aliphatic carbocycles. The number of nitrogens with zero attached hydrogens (tertiary/aromatic N) is 1. The number of esters is 1. The van der Waals surface area contributed by atoms with E-state index in [2.05, 4.69) is 4.74 Å². The highest BCUT2D eigenvalue weighted by molar-refractivity contribution is 5.92. The smallest absolute Gasteiger partial charge is 0.330 e. The number of furan rings is 1. The van der Waals surface area contributed by atoms with Crippen molar-refractivity contribution in [3.05, 3.63) is 78.3 Å². The minimum absolute atomic E-state index is 0.112. The first kappa shape index (κ1) is 20.2. The normalized spacial score (nSPS) is 12.6. The molecule has 2 rings (SSSR count). The molecule has 27 heavy (non-hydrogen) atoms. The average molecular weight is 367 g/mol. The van der Waals surface area contributed by atoms with Crippen molar-refractivity contribution in [3.63, 3.8) is 0 Å². The Balaban J connectivity index is 2.29. The van der Waals surface area contributed by atoms with Gasteiger partial charge in [0.1, 0.15) is 0 Å². The number of hydrogen-bond acceptors (Lipinski definition) is 4. The van der Waals surface area contributed by atoms with E-state index in [0.29, 0.717) is 6.54 Å². The van der Waals surface area contributed by atoms with E-state index >= 15 is 0 Å². The van der Waals surface area contributed by atoms with Crippen molar-refractivity contribution < 1.29 is 18.7 Å². The number of carbonyl (C=O) groups excluding carboxylic acids is 2. The summed E-state index contributed by atoms with van der Waals surface area (Å²) in [5.74, 6) is -0.476. The zero-order chi connectivity index (χ0) is 19.6. The third-order valence-corrected chi connectivity index (χ3v) is 4.11. The van der Waals surface area contributed by atoms with Crippen LogP contribution in [-0.4, -0.2) is 29.9 Å². The van der Waals surface area contributed by atoms with E-state index in [1.807, 2.05) is 44.2 Å². The van der Waals surface area contributed by atoms with Crippen molar-refractivity contribution in [2.75, 3.05) is 7.11 Å². The molecule has 0 aliphatic rings. The number of methoxy groups -OCH3 is 1. The highest BCUT2D eigenvalue weighted by Crippen LogP contribution is 2.18. The lowest BCUT2D eigenvalue weighted by atomic mass is 10.0. The van der Waals surface area contributed by atoms with Crippen molar-refractivity contribution in [2.45, 2.75) is 26.4 Å². The molecule has 0 unspecified atom stereocenters. The first-order valence-electron chi connectivity index (χ1n) is 8.82. The summed E-state index contributed by atoms with van der Waals surface area (Å²) in [7, 11) is 1.33. The van der Waals surface area contributed by atoms with E-state index in [1.165, 1.54) is 19.3 Å². The first-order valence-corrected chi connectivity index (χ1v) is 8.82. The first-order chi connectivity index (χ1) is 13.0. The fraction of sp³-hybridized carbons (Fsp3) is 0.273. The van der Waals surface area contributed by atoms with E-state index < -0.39 is 5.97 Å². The number of carbonyl (C=O) groups is 2. The van der Waals surface area contributed by atoms with Crippen molar-refractivity contribution in [2.24, 2.45) is 5.92 Å². The lowest BCUT2D eigenvalue weighted by Crippen LogP contribution is -2.41. The Kier molecular flexibility index (Phi) is 7.62. The van der Waals surface area contributed by atoms with E-state index in [4.69, 9.17) is 4.42 Å². The standard InChI is InChI=1S/C22H25NO4/c1-17(2)20(10-12-22(25)26-3)23(15-18-7-5-4-6-8-18)21(24)11-9-19-13-14-27-16-19/h4-14,16-17,20H,15H2,1-3H3/t20-/m1/s1. The van der Waals surface area contributed by atoms with Gasteiger partial charge >= 0.3 is 5.97 Å². The molecule has 1 aromatic carbocycles. The summed E-state index contributed by atoms with van der Waals surface area (Å²) in [5, 5.41) is 0. The lowest BCUT2D eigenvalue weighted by Gasteiger charge is -2.32. The Morgan fingerprint density at radius 1 is 1.15 bits per heavy atom. The van der Waals surface area contributed by atoms with Crippen LogP contribution >= 0.6 is 0 Å². The minimum atomic E-state index is -0.443. The molecule has 1 aromatic heterocycles. The average Bonchev–Trinajstić information content (AvgIpc) is 3.19. The van der Waals surface area contributed by atoms with Crippen LogP contribution in [-0.2, 0) is 20.9 Å². The van der Waals surface area contributed by atoms with Crippen molar-refractivity contribution >= 4 is 18.0 Å². The van der Waals surface area contributed by atoms with Crippen LogP contribution in [0.25, 0.3) is 6.08 Å². The van der Waals surface area contributed by atoms with Crippen LogP contribution in [0.5, 0.6) is 0 Å². The van der Waals surface area contributed by atoms with Gasteiger partial charge in [-0.1, -0.05) is 50.3 Å². The maximum Gasteiger partial charge on any atom is 0.330 e. The number of hydrogen-bond donors (Lipinski definition) is 0. The van der Waals surface area contributed by atoms with Gasteiger partial charge in [-0.2, -0.15) is 0 Å². The van der Waals surface area contributed by atoms with Gasteiger partial charge in [-0.3, -0.25) is 4.79 Å².